The van der Waals surface area contributed by atoms with Crippen LogP contribution in [0.25, 0.3) is 0 Å². The summed E-state index contributed by atoms with van der Waals surface area (Å²) in [7, 11) is 0. The Hall–Kier alpha value is -2.35. The lowest BCUT2D eigenvalue weighted by molar-refractivity contribution is -0.139. The second kappa shape index (κ2) is 11.1. The number of piperidine rings is 1. The van der Waals surface area contributed by atoms with E-state index in [1.807, 2.05) is 18.7 Å². The van der Waals surface area contributed by atoms with Gasteiger partial charge in [-0.25, -0.2) is 4.79 Å². The van der Waals surface area contributed by atoms with Crippen molar-refractivity contribution in [3.8, 4) is 0 Å². The van der Waals surface area contributed by atoms with E-state index >= 15 is 0 Å². The topological polar surface area (TPSA) is 86.0 Å². The third kappa shape index (κ3) is 5.74. The number of nitrogens with one attached hydrogen (secondary N) is 1. The Kier molecular flexibility index (Phi) is 8.19. The molecule has 1 aromatic rings. The lowest BCUT2D eigenvalue weighted by Gasteiger charge is -2.42. The van der Waals surface area contributed by atoms with E-state index in [9.17, 15) is 14.4 Å². The van der Waals surface area contributed by atoms with E-state index in [0.29, 0.717) is 41.6 Å². The predicted octanol–water partition coefficient (Wildman–Crippen LogP) is 3.53. The van der Waals surface area contributed by atoms with Crippen molar-refractivity contribution in [1.82, 2.24) is 19.7 Å². The largest absolute Gasteiger partial charge is 0.459 e. The first-order chi connectivity index (χ1) is 16.8. The molecule has 0 radical (unpaired) electrons. The molecule has 8 nitrogen and oxygen atoms in total. The number of ether oxygens (including phenoxy) is 1. The van der Waals surface area contributed by atoms with E-state index < -0.39 is 5.97 Å². The van der Waals surface area contributed by atoms with Gasteiger partial charge in [-0.1, -0.05) is 19.3 Å². The molecule has 3 aliphatic rings. The summed E-state index contributed by atoms with van der Waals surface area (Å²) in [5.74, 6) is -0.528. The Balaban J connectivity index is 1.36. The van der Waals surface area contributed by atoms with Crippen molar-refractivity contribution in [2.75, 3.05) is 39.3 Å². The smallest absolute Gasteiger partial charge is 0.340 e. The minimum absolute atomic E-state index is 0.145. The molecular formula is C27H42N4O4. The maximum absolute atomic E-state index is 13.4. The predicted molar refractivity (Wildman–Crippen MR) is 134 cm³/mol. The van der Waals surface area contributed by atoms with Gasteiger partial charge in [0.1, 0.15) is 5.69 Å². The SMILES string of the molecule is Cc1[nH]c(C(=O)N2CCC[C@@H](C(=O)N3CCN(C4CCCCC4)CC3)C2)c(C)c1C(=O)OC(C)C. The van der Waals surface area contributed by atoms with Crippen LogP contribution in [0.15, 0.2) is 0 Å². The monoisotopic (exact) mass is 486 g/mol. The van der Waals surface area contributed by atoms with E-state index in [-0.39, 0.29) is 23.8 Å². The molecule has 1 aliphatic carbocycles. The Bertz CT molecular complexity index is 926. The van der Waals surface area contributed by atoms with Crippen LogP contribution >= 0.6 is 0 Å². The second-order valence-electron chi connectivity index (χ2n) is 10.8. The highest BCUT2D eigenvalue weighted by atomic mass is 16.5. The molecule has 1 atom stereocenters. The summed E-state index contributed by atoms with van der Waals surface area (Å²) in [6, 6.07) is 0.694. The van der Waals surface area contributed by atoms with Crippen LogP contribution in [0.1, 0.15) is 90.9 Å². The van der Waals surface area contributed by atoms with Crippen LogP contribution in [-0.4, -0.2) is 88.9 Å². The lowest BCUT2D eigenvalue weighted by Crippen LogP contribution is -2.55. The van der Waals surface area contributed by atoms with Gasteiger partial charge >= 0.3 is 5.97 Å². The van der Waals surface area contributed by atoms with Crippen molar-refractivity contribution >= 4 is 17.8 Å². The molecule has 0 spiro atoms. The molecule has 1 aromatic heterocycles. The van der Waals surface area contributed by atoms with Crippen molar-refractivity contribution in [1.29, 1.82) is 0 Å². The number of hydrogen-bond donors (Lipinski definition) is 1. The van der Waals surface area contributed by atoms with Gasteiger partial charge in [-0.05, 0) is 58.9 Å². The van der Waals surface area contributed by atoms with Gasteiger partial charge < -0.3 is 19.5 Å². The number of amides is 2. The molecular weight excluding hydrogens is 444 g/mol. The molecule has 8 heteroatoms. The highest BCUT2D eigenvalue weighted by Crippen LogP contribution is 2.27. The average molecular weight is 487 g/mol. The number of H-pyrrole nitrogens is 1. The number of aryl methyl sites for hydroxylation is 1. The van der Waals surface area contributed by atoms with Gasteiger partial charge in [0.2, 0.25) is 5.91 Å². The highest BCUT2D eigenvalue weighted by molar-refractivity contribution is 6.00. The summed E-state index contributed by atoms with van der Waals surface area (Å²) < 4.78 is 5.36. The molecule has 35 heavy (non-hydrogen) atoms. The third-order valence-corrected chi connectivity index (χ3v) is 7.97. The molecule has 2 saturated heterocycles. The van der Waals surface area contributed by atoms with Crippen molar-refractivity contribution in [2.24, 2.45) is 5.92 Å². The Morgan fingerprint density at radius 2 is 1.57 bits per heavy atom. The first kappa shape index (κ1) is 25.7. The molecule has 0 aromatic carbocycles. The van der Waals surface area contributed by atoms with Crippen LogP contribution in [0, 0.1) is 19.8 Å². The van der Waals surface area contributed by atoms with Crippen molar-refractivity contribution in [3.05, 3.63) is 22.5 Å². The quantitative estimate of drug-likeness (QED) is 0.644. The molecule has 1 saturated carbocycles. The maximum atomic E-state index is 13.4. The number of hydrogen-bond acceptors (Lipinski definition) is 5. The first-order valence-electron chi connectivity index (χ1n) is 13.5. The molecule has 3 fully saturated rings. The zero-order valence-corrected chi connectivity index (χ0v) is 21.9. The normalized spacial score (nSPS) is 22.5. The summed E-state index contributed by atoms with van der Waals surface area (Å²) in [5, 5.41) is 0. The number of carbonyl (C=O) groups excluding carboxylic acids is 3. The average Bonchev–Trinajstić information content (AvgIpc) is 3.17. The van der Waals surface area contributed by atoms with Crippen LogP contribution in [0.5, 0.6) is 0 Å². The van der Waals surface area contributed by atoms with E-state index in [2.05, 4.69) is 9.88 Å². The van der Waals surface area contributed by atoms with Crippen molar-refractivity contribution < 1.29 is 19.1 Å². The van der Waals surface area contributed by atoms with E-state index in [4.69, 9.17) is 4.74 Å². The molecule has 4 rings (SSSR count). The zero-order chi connectivity index (χ0) is 25.1. The third-order valence-electron chi connectivity index (χ3n) is 7.97. The maximum Gasteiger partial charge on any atom is 0.340 e. The van der Waals surface area contributed by atoms with Gasteiger partial charge in [0.15, 0.2) is 0 Å². The molecule has 2 aliphatic heterocycles. The molecule has 194 valence electrons. The second-order valence-corrected chi connectivity index (χ2v) is 10.8. The highest BCUT2D eigenvalue weighted by Gasteiger charge is 2.35. The van der Waals surface area contributed by atoms with E-state index in [1.54, 1.807) is 18.7 Å². The molecule has 3 heterocycles. The van der Waals surface area contributed by atoms with Gasteiger partial charge in [-0.3, -0.25) is 14.5 Å². The van der Waals surface area contributed by atoms with Gasteiger partial charge in [0.05, 0.1) is 17.6 Å². The Morgan fingerprint density at radius 3 is 2.23 bits per heavy atom. The Labute approximate surface area is 209 Å². The fraction of sp³-hybridized carbons (Fsp3) is 0.741. The minimum atomic E-state index is -0.413. The lowest BCUT2D eigenvalue weighted by atomic mass is 9.93. The Morgan fingerprint density at radius 1 is 0.886 bits per heavy atom. The van der Waals surface area contributed by atoms with Crippen LogP contribution < -0.4 is 0 Å². The summed E-state index contributed by atoms with van der Waals surface area (Å²) in [5.41, 5.74) is 2.11. The van der Waals surface area contributed by atoms with Gasteiger partial charge in [-0.15, -0.1) is 0 Å². The van der Waals surface area contributed by atoms with Gasteiger partial charge in [0, 0.05) is 51.0 Å². The fourth-order valence-corrected chi connectivity index (χ4v) is 6.08. The van der Waals surface area contributed by atoms with Crippen LogP contribution in [0.4, 0.5) is 0 Å². The fourth-order valence-electron chi connectivity index (χ4n) is 6.08. The minimum Gasteiger partial charge on any atom is -0.459 e. The van der Waals surface area contributed by atoms with E-state index in [1.165, 1.54) is 32.1 Å². The molecule has 1 N–H and O–H groups in total. The van der Waals surface area contributed by atoms with Crippen molar-refractivity contribution in [3.63, 3.8) is 0 Å². The summed E-state index contributed by atoms with van der Waals surface area (Å²) in [6.45, 7) is 11.7. The van der Waals surface area contributed by atoms with Crippen LogP contribution in [-0.2, 0) is 9.53 Å². The summed E-state index contributed by atoms with van der Waals surface area (Å²) in [6.07, 6.45) is 8.01. The number of nitrogens with zero attached hydrogens (tertiary/aromatic N) is 3. The van der Waals surface area contributed by atoms with E-state index in [0.717, 1.165) is 39.0 Å². The van der Waals surface area contributed by atoms with Crippen LogP contribution in [0.2, 0.25) is 0 Å². The molecule has 0 unspecified atom stereocenters. The van der Waals surface area contributed by atoms with Gasteiger partial charge in [-0.2, -0.15) is 0 Å². The summed E-state index contributed by atoms with van der Waals surface area (Å²) in [4.78, 5) is 48.8. The number of aromatic nitrogens is 1. The summed E-state index contributed by atoms with van der Waals surface area (Å²) >= 11 is 0. The number of piperazine rings is 1. The zero-order valence-electron chi connectivity index (χ0n) is 21.9. The van der Waals surface area contributed by atoms with Crippen molar-refractivity contribution in [2.45, 2.75) is 84.8 Å². The van der Waals surface area contributed by atoms with Gasteiger partial charge in [0.25, 0.3) is 5.91 Å². The molecule has 2 amide bonds. The van der Waals surface area contributed by atoms with Crippen LogP contribution in [0.3, 0.4) is 0 Å². The number of aromatic amines is 1. The molecule has 0 bridgehead atoms. The number of likely N-dealkylation sites (tertiary alicyclic amines) is 1. The first-order valence-corrected chi connectivity index (χ1v) is 13.5. The number of esters is 1. The standard InChI is InChI=1S/C27H42N4O4/c1-18(2)35-27(34)23-19(3)24(28-20(23)4)26(33)31-12-8-9-21(17-31)25(32)30-15-13-29(14-16-30)22-10-6-5-7-11-22/h18,21-22,28H,5-17H2,1-4H3/t21-/m1/s1. The number of rotatable bonds is 5. The number of carbonyl (C=O) groups is 3.